The van der Waals surface area contributed by atoms with E-state index >= 15 is 0 Å². The maximum absolute atomic E-state index is 12.8. The standard InChI is InChI=1S/C21H25ClN4O4/c1-21(2,15-22)19(27)23-13-6-14-25(17-7-4-3-5-8-17)20(28)24-16-9-11-18(12-10-16)26(29)30/h3-5,7-12H,6,13-15H2,1-2H3,(H,23,27)(H,24,28). The number of anilines is 2. The SMILES string of the molecule is CC(C)(CCl)C(=O)NCCCN(C(=O)Nc1ccc([N+](=O)[O-])cc1)c1ccccc1. The van der Waals surface area contributed by atoms with Gasteiger partial charge in [-0.3, -0.25) is 19.8 Å². The van der Waals surface area contributed by atoms with Crippen LogP contribution < -0.4 is 15.5 Å². The number of urea groups is 1. The van der Waals surface area contributed by atoms with Crippen LogP contribution in [0.2, 0.25) is 0 Å². The lowest BCUT2D eigenvalue weighted by molar-refractivity contribution is -0.384. The fraction of sp³-hybridized carbons (Fsp3) is 0.333. The summed E-state index contributed by atoms with van der Waals surface area (Å²) in [6.07, 6.45) is 0.534. The molecule has 0 atom stereocenters. The van der Waals surface area contributed by atoms with Gasteiger partial charge in [0.15, 0.2) is 0 Å². The van der Waals surface area contributed by atoms with Crippen molar-refractivity contribution in [3.8, 4) is 0 Å². The molecule has 3 amide bonds. The summed E-state index contributed by atoms with van der Waals surface area (Å²) in [6.45, 7) is 4.30. The largest absolute Gasteiger partial charge is 0.356 e. The lowest BCUT2D eigenvalue weighted by Crippen LogP contribution is -2.40. The van der Waals surface area contributed by atoms with Gasteiger partial charge in [-0.25, -0.2) is 4.79 Å². The zero-order valence-corrected chi connectivity index (χ0v) is 17.7. The minimum atomic E-state index is -0.659. The van der Waals surface area contributed by atoms with Crippen LogP contribution in [0.4, 0.5) is 21.9 Å². The van der Waals surface area contributed by atoms with Gasteiger partial charge in [0.25, 0.3) is 5.69 Å². The molecule has 0 fully saturated rings. The van der Waals surface area contributed by atoms with Crippen molar-refractivity contribution in [2.45, 2.75) is 20.3 Å². The minimum Gasteiger partial charge on any atom is -0.356 e. The number of amides is 3. The highest BCUT2D eigenvalue weighted by molar-refractivity contribution is 6.19. The molecule has 0 heterocycles. The molecule has 30 heavy (non-hydrogen) atoms. The average molecular weight is 433 g/mol. The van der Waals surface area contributed by atoms with Crippen LogP contribution in [0, 0.1) is 15.5 Å². The molecule has 0 saturated heterocycles. The van der Waals surface area contributed by atoms with Gasteiger partial charge in [-0.1, -0.05) is 18.2 Å². The molecule has 0 saturated carbocycles. The number of para-hydroxylation sites is 1. The van der Waals surface area contributed by atoms with Crippen molar-refractivity contribution in [3.63, 3.8) is 0 Å². The summed E-state index contributed by atoms with van der Waals surface area (Å²) < 4.78 is 0. The van der Waals surface area contributed by atoms with Crippen LogP contribution in [0.5, 0.6) is 0 Å². The highest BCUT2D eigenvalue weighted by Gasteiger charge is 2.26. The second-order valence-electron chi connectivity index (χ2n) is 7.35. The van der Waals surface area contributed by atoms with Crippen LogP contribution in [0.1, 0.15) is 20.3 Å². The summed E-state index contributed by atoms with van der Waals surface area (Å²) in [5, 5.41) is 16.4. The third-order valence-corrected chi connectivity index (χ3v) is 5.10. The van der Waals surface area contributed by atoms with Gasteiger partial charge in [0, 0.05) is 42.5 Å². The second-order valence-corrected chi connectivity index (χ2v) is 7.62. The minimum absolute atomic E-state index is 0.0523. The number of nitro benzene ring substituents is 1. The number of carbonyl (C=O) groups excluding carboxylic acids is 2. The number of halogens is 1. The molecule has 0 radical (unpaired) electrons. The Morgan fingerprint density at radius 3 is 2.30 bits per heavy atom. The van der Waals surface area contributed by atoms with Crippen molar-refractivity contribution in [1.29, 1.82) is 0 Å². The Labute approximate surface area is 180 Å². The molecule has 0 bridgehead atoms. The Morgan fingerprint density at radius 1 is 1.10 bits per heavy atom. The van der Waals surface area contributed by atoms with Gasteiger partial charge in [0.2, 0.25) is 5.91 Å². The van der Waals surface area contributed by atoms with Gasteiger partial charge < -0.3 is 10.6 Å². The van der Waals surface area contributed by atoms with E-state index in [1.807, 2.05) is 30.3 Å². The number of hydrogen-bond donors (Lipinski definition) is 2. The number of rotatable bonds is 9. The van der Waals surface area contributed by atoms with E-state index in [1.54, 1.807) is 18.7 Å². The molecule has 0 aliphatic carbocycles. The molecule has 0 aliphatic heterocycles. The van der Waals surface area contributed by atoms with Crippen molar-refractivity contribution in [1.82, 2.24) is 5.32 Å². The molecule has 8 nitrogen and oxygen atoms in total. The van der Waals surface area contributed by atoms with Gasteiger partial charge in [-0.05, 0) is 44.5 Å². The van der Waals surface area contributed by atoms with E-state index in [9.17, 15) is 19.7 Å². The van der Waals surface area contributed by atoms with Crippen molar-refractivity contribution in [3.05, 3.63) is 64.7 Å². The molecule has 2 N–H and O–H groups in total. The predicted octanol–water partition coefficient (Wildman–Crippen LogP) is 4.40. The van der Waals surface area contributed by atoms with E-state index in [2.05, 4.69) is 10.6 Å². The van der Waals surface area contributed by atoms with Crippen molar-refractivity contribution >= 4 is 40.6 Å². The fourth-order valence-electron chi connectivity index (χ4n) is 2.55. The molecule has 0 aliphatic rings. The van der Waals surface area contributed by atoms with Crippen molar-refractivity contribution in [2.75, 3.05) is 29.2 Å². The van der Waals surface area contributed by atoms with Gasteiger partial charge in [0.1, 0.15) is 0 Å². The van der Waals surface area contributed by atoms with Crippen LogP contribution in [0.3, 0.4) is 0 Å². The summed E-state index contributed by atoms with van der Waals surface area (Å²) in [6, 6.07) is 14.4. The second kappa shape index (κ2) is 10.6. The predicted molar refractivity (Wildman–Crippen MR) is 118 cm³/mol. The molecule has 160 valence electrons. The molecule has 0 unspecified atom stereocenters. The monoisotopic (exact) mass is 432 g/mol. The smallest absolute Gasteiger partial charge is 0.326 e. The molecular weight excluding hydrogens is 408 g/mol. The van der Waals surface area contributed by atoms with E-state index < -0.39 is 10.3 Å². The zero-order valence-electron chi connectivity index (χ0n) is 16.9. The Morgan fingerprint density at radius 2 is 1.73 bits per heavy atom. The van der Waals surface area contributed by atoms with Gasteiger partial charge in [-0.2, -0.15) is 0 Å². The third-order valence-electron chi connectivity index (χ3n) is 4.44. The Bertz CT molecular complexity index is 872. The normalized spacial score (nSPS) is 10.9. The quantitative estimate of drug-likeness (QED) is 0.265. The maximum Gasteiger partial charge on any atom is 0.326 e. The number of hydrogen-bond acceptors (Lipinski definition) is 4. The third kappa shape index (κ3) is 6.45. The zero-order chi connectivity index (χ0) is 22.1. The molecule has 0 aromatic heterocycles. The first kappa shape index (κ1) is 23.2. The van der Waals surface area contributed by atoms with Crippen LogP contribution in [0.25, 0.3) is 0 Å². The van der Waals surface area contributed by atoms with Crippen molar-refractivity contribution < 1.29 is 14.5 Å². The topological polar surface area (TPSA) is 105 Å². The Hall–Kier alpha value is -3.13. The van der Waals surface area contributed by atoms with Gasteiger partial charge in [0.05, 0.1) is 10.3 Å². The molecule has 0 spiro atoms. The van der Waals surface area contributed by atoms with Crippen LogP contribution in [0.15, 0.2) is 54.6 Å². The first-order valence-electron chi connectivity index (χ1n) is 9.47. The summed E-state index contributed by atoms with van der Waals surface area (Å²) in [7, 11) is 0. The van der Waals surface area contributed by atoms with Gasteiger partial charge >= 0.3 is 6.03 Å². The molecule has 2 rings (SSSR count). The van der Waals surface area contributed by atoms with E-state index in [0.29, 0.717) is 30.9 Å². The van der Waals surface area contributed by atoms with Crippen LogP contribution >= 0.6 is 11.6 Å². The number of nitro groups is 1. The number of carbonyl (C=O) groups is 2. The summed E-state index contributed by atoms with van der Waals surface area (Å²) >= 11 is 5.82. The lowest BCUT2D eigenvalue weighted by atomic mass is 9.95. The Balaban J connectivity index is 2.02. The maximum atomic E-state index is 12.8. The molecule has 2 aromatic rings. The summed E-state index contributed by atoms with van der Waals surface area (Å²) in [5.41, 5.74) is 0.435. The lowest BCUT2D eigenvalue weighted by Gasteiger charge is -2.24. The number of nitrogens with one attached hydrogen (secondary N) is 2. The van der Waals surface area contributed by atoms with E-state index in [0.717, 1.165) is 0 Å². The van der Waals surface area contributed by atoms with Crippen molar-refractivity contribution in [2.24, 2.45) is 5.41 Å². The number of alkyl halides is 1. The summed E-state index contributed by atoms with van der Waals surface area (Å²) in [5.74, 6) is 0.0752. The fourth-order valence-corrected chi connectivity index (χ4v) is 2.67. The first-order chi connectivity index (χ1) is 14.2. The van der Waals surface area contributed by atoms with Crippen LogP contribution in [-0.2, 0) is 4.79 Å². The average Bonchev–Trinajstić information content (AvgIpc) is 2.74. The highest BCUT2D eigenvalue weighted by Crippen LogP contribution is 2.19. The van der Waals surface area contributed by atoms with E-state index in [1.165, 1.54) is 24.3 Å². The summed E-state index contributed by atoms with van der Waals surface area (Å²) in [4.78, 5) is 36.8. The van der Waals surface area contributed by atoms with Crippen LogP contribution in [-0.4, -0.2) is 35.8 Å². The molecular formula is C21H25ClN4O4. The van der Waals surface area contributed by atoms with E-state index in [-0.39, 0.29) is 23.5 Å². The number of non-ortho nitro benzene ring substituents is 1. The number of benzene rings is 2. The number of nitrogens with zero attached hydrogens (tertiary/aromatic N) is 2. The van der Waals surface area contributed by atoms with E-state index in [4.69, 9.17) is 11.6 Å². The molecule has 2 aromatic carbocycles. The Kier molecular flexibility index (Phi) is 8.17. The highest BCUT2D eigenvalue weighted by atomic mass is 35.5. The molecule has 9 heteroatoms. The van der Waals surface area contributed by atoms with Gasteiger partial charge in [-0.15, -0.1) is 11.6 Å². The first-order valence-corrected chi connectivity index (χ1v) is 10.0.